The zero-order chi connectivity index (χ0) is 12.3. The zero-order valence-electron chi connectivity index (χ0n) is 9.27. The lowest BCUT2D eigenvalue weighted by Gasteiger charge is -2.28. The molecule has 0 radical (unpaired) electrons. The van der Waals surface area contributed by atoms with Gasteiger partial charge in [0.05, 0.1) is 0 Å². The predicted octanol–water partition coefficient (Wildman–Crippen LogP) is 2.15. The molecule has 1 rings (SSSR count). The summed E-state index contributed by atoms with van der Waals surface area (Å²) in [5, 5.41) is 18.8. The Balaban J connectivity index is 3.18. The molecule has 16 heavy (non-hydrogen) atoms. The van der Waals surface area contributed by atoms with Crippen LogP contribution in [0, 0.1) is 5.82 Å². The molecule has 0 saturated heterocycles. The molecule has 0 amide bonds. The van der Waals surface area contributed by atoms with Crippen LogP contribution in [0.3, 0.4) is 0 Å². The van der Waals surface area contributed by atoms with E-state index >= 15 is 0 Å². The largest absolute Gasteiger partial charge is 0.479 e. The van der Waals surface area contributed by atoms with Crippen LogP contribution in [-0.4, -0.2) is 21.8 Å². The Hall–Kier alpha value is -1.42. The Morgan fingerprint density at radius 2 is 2.06 bits per heavy atom. The Labute approximate surface area is 93.5 Å². The fourth-order valence-corrected chi connectivity index (χ4v) is 1.83. The van der Waals surface area contributed by atoms with Crippen LogP contribution in [0.4, 0.5) is 4.39 Å². The fourth-order valence-electron chi connectivity index (χ4n) is 1.83. The van der Waals surface area contributed by atoms with Crippen molar-refractivity contribution < 1.29 is 19.4 Å². The summed E-state index contributed by atoms with van der Waals surface area (Å²) in [4.78, 5) is 10.9. The first-order valence-corrected chi connectivity index (χ1v) is 5.11. The highest BCUT2D eigenvalue weighted by Crippen LogP contribution is 2.33. The third kappa shape index (κ3) is 2.22. The Morgan fingerprint density at radius 3 is 2.50 bits per heavy atom. The van der Waals surface area contributed by atoms with Crippen molar-refractivity contribution in [1.29, 1.82) is 0 Å². The van der Waals surface area contributed by atoms with E-state index < -0.39 is 23.3 Å². The van der Waals surface area contributed by atoms with Gasteiger partial charge < -0.3 is 10.2 Å². The normalized spacial score (nSPS) is 16.5. The Morgan fingerprint density at radius 1 is 1.50 bits per heavy atom. The van der Waals surface area contributed by atoms with E-state index in [1.807, 2.05) is 0 Å². The minimum Gasteiger partial charge on any atom is -0.479 e. The maximum absolute atomic E-state index is 13.5. The van der Waals surface area contributed by atoms with Gasteiger partial charge in [-0.2, -0.15) is 0 Å². The van der Waals surface area contributed by atoms with Gasteiger partial charge in [0.25, 0.3) is 0 Å². The number of rotatable bonds is 4. The van der Waals surface area contributed by atoms with Crippen LogP contribution in [0.15, 0.2) is 24.3 Å². The summed E-state index contributed by atoms with van der Waals surface area (Å²) in [5.74, 6) is -2.59. The van der Waals surface area contributed by atoms with Gasteiger partial charge in [0, 0.05) is 5.92 Å². The number of hydrogen-bond donors (Lipinski definition) is 2. The van der Waals surface area contributed by atoms with E-state index in [0.29, 0.717) is 6.42 Å². The molecule has 88 valence electrons. The molecule has 1 aromatic rings. The summed E-state index contributed by atoms with van der Waals surface area (Å²) >= 11 is 0. The van der Waals surface area contributed by atoms with E-state index in [-0.39, 0.29) is 5.56 Å². The zero-order valence-corrected chi connectivity index (χ0v) is 9.27. The average molecular weight is 226 g/mol. The second-order valence-corrected chi connectivity index (χ2v) is 3.94. The number of carboxylic acid groups (broad SMARTS) is 1. The van der Waals surface area contributed by atoms with Gasteiger partial charge in [0.15, 0.2) is 5.60 Å². The summed E-state index contributed by atoms with van der Waals surface area (Å²) < 4.78 is 13.5. The number of halogens is 1. The number of carbonyl (C=O) groups is 1. The van der Waals surface area contributed by atoms with Crippen LogP contribution < -0.4 is 0 Å². The number of benzene rings is 1. The summed E-state index contributed by atoms with van der Waals surface area (Å²) in [5.41, 5.74) is -1.73. The number of carboxylic acids is 1. The minimum atomic E-state index is -1.96. The van der Waals surface area contributed by atoms with E-state index in [0.717, 1.165) is 0 Å². The van der Waals surface area contributed by atoms with E-state index in [4.69, 9.17) is 5.11 Å². The summed E-state index contributed by atoms with van der Waals surface area (Å²) in [7, 11) is 0. The summed E-state index contributed by atoms with van der Waals surface area (Å²) in [6.07, 6.45) is 0.347. The monoisotopic (exact) mass is 226 g/mol. The van der Waals surface area contributed by atoms with Crippen molar-refractivity contribution in [3.8, 4) is 0 Å². The van der Waals surface area contributed by atoms with Crippen molar-refractivity contribution >= 4 is 5.97 Å². The average Bonchev–Trinajstić information content (AvgIpc) is 2.21. The maximum atomic E-state index is 13.5. The van der Waals surface area contributed by atoms with Crippen molar-refractivity contribution in [2.45, 2.75) is 31.8 Å². The van der Waals surface area contributed by atoms with Crippen molar-refractivity contribution in [2.24, 2.45) is 0 Å². The smallest absolute Gasteiger partial charge is 0.336 e. The standard InChI is InChI=1S/C12H15FO3/c1-3-9(12(2,16)11(14)15)8-6-4-5-7-10(8)13/h4-7,9,16H,3H2,1-2H3,(H,14,15). The van der Waals surface area contributed by atoms with Gasteiger partial charge in [-0.25, -0.2) is 9.18 Å². The second-order valence-electron chi connectivity index (χ2n) is 3.94. The third-order valence-corrected chi connectivity index (χ3v) is 2.80. The Bertz CT molecular complexity index is 388. The van der Waals surface area contributed by atoms with Crippen LogP contribution in [0.5, 0.6) is 0 Å². The van der Waals surface area contributed by atoms with Crippen molar-refractivity contribution in [3.63, 3.8) is 0 Å². The molecule has 1 aromatic carbocycles. The first kappa shape index (κ1) is 12.6. The summed E-state index contributed by atoms with van der Waals surface area (Å²) in [6, 6.07) is 5.91. The van der Waals surface area contributed by atoms with Crippen LogP contribution in [0.1, 0.15) is 31.7 Å². The molecule has 2 atom stereocenters. The Kier molecular flexibility index (Phi) is 3.65. The van der Waals surface area contributed by atoms with Crippen LogP contribution in [0.25, 0.3) is 0 Å². The molecule has 0 aromatic heterocycles. The van der Waals surface area contributed by atoms with Crippen molar-refractivity contribution in [2.75, 3.05) is 0 Å². The summed E-state index contributed by atoms with van der Waals surface area (Å²) in [6.45, 7) is 2.91. The lowest BCUT2D eigenvalue weighted by Crippen LogP contribution is -2.41. The number of aliphatic hydroxyl groups is 1. The molecule has 0 aliphatic carbocycles. The fraction of sp³-hybridized carbons (Fsp3) is 0.417. The quantitative estimate of drug-likeness (QED) is 0.827. The van der Waals surface area contributed by atoms with E-state index in [2.05, 4.69) is 0 Å². The van der Waals surface area contributed by atoms with Gasteiger partial charge in [-0.3, -0.25) is 0 Å². The highest BCUT2D eigenvalue weighted by molar-refractivity contribution is 5.78. The predicted molar refractivity (Wildman–Crippen MR) is 57.7 cm³/mol. The van der Waals surface area contributed by atoms with Crippen LogP contribution in [0.2, 0.25) is 0 Å². The van der Waals surface area contributed by atoms with Crippen LogP contribution >= 0.6 is 0 Å². The highest BCUT2D eigenvalue weighted by atomic mass is 19.1. The van der Waals surface area contributed by atoms with Gasteiger partial charge >= 0.3 is 5.97 Å². The van der Waals surface area contributed by atoms with Crippen molar-refractivity contribution in [3.05, 3.63) is 35.6 Å². The van der Waals surface area contributed by atoms with Gasteiger partial charge in [-0.05, 0) is 25.0 Å². The van der Waals surface area contributed by atoms with Gasteiger partial charge in [0.2, 0.25) is 0 Å². The molecular weight excluding hydrogens is 211 g/mol. The number of hydrogen-bond acceptors (Lipinski definition) is 2. The lowest BCUT2D eigenvalue weighted by molar-refractivity contribution is -0.159. The molecule has 3 nitrogen and oxygen atoms in total. The highest BCUT2D eigenvalue weighted by Gasteiger charge is 2.40. The van der Waals surface area contributed by atoms with Gasteiger partial charge in [-0.15, -0.1) is 0 Å². The number of aliphatic carboxylic acids is 1. The molecule has 0 saturated carbocycles. The third-order valence-electron chi connectivity index (χ3n) is 2.80. The van der Waals surface area contributed by atoms with E-state index in [9.17, 15) is 14.3 Å². The molecule has 0 spiro atoms. The first-order chi connectivity index (χ1) is 7.41. The van der Waals surface area contributed by atoms with Gasteiger partial charge in [0.1, 0.15) is 5.82 Å². The topological polar surface area (TPSA) is 57.5 Å². The van der Waals surface area contributed by atoms with Gasteiger partial charge in [-0.1, -0.05) is 25.1 Å². The minimum absolute atomic E-state index is 0.234. The molecular formula is C12H15FO3. The van der Waals surface area contributed by atoms with Crippen LogP contribution in [-0.2, 0) is 4.79 Å². The molecule has 2 N–H and O–H groups in total. The first-order valence-electron chi connectivity index (χ1n) is 5.11. The molecule has 0 bridgehead atoms. The maximum Gasteiger partial charge on any atom is 0.336 e. The lowest BCUT2D eigenvalue weighted by atomic mass is 9.81. The van der Waals surface area contributed by atoms with E-state index in [1.54, 1.807) is 13.0 Å². The van der Waals surface area contributed by atoms with E-state index in [1.165, 1.54) is 25.1 Å². The molecule has 0 aliphatic heterocycles. The molecule has 0 heterocycles. The molecule has 2 unspecified atom stereocenters. The molecule has 0 aliphatic rings. The SMILES string of the molecule is CCC(c1ccccc1F)C(C)(O)C(=O)O. The molecule has 4 heteroatoms. The molecule has 0 fully saturated rings. The van der Waals surface area contributed by atoms with Crippen molar-refractivity contribution in [1.82, 2.24) is 0 Å². The second kappa shape index (κ2) is 4.61.